The molecule has 2 fully saturated rings. The third-order valence-electron chi connectivity index (χ3n) is 12.6. The molecule has 2 heterocycles. The van der Waals surface area contributed by atoms with Crippen LogP contribution in [0.15, 0.2) is 42.5 Å². The van der Waals surface area contributed by atoms with Crippen molar-refractivity contribution in [2.24, 2.45) is 23.7 Å². The van der Waals surface area contributed by atoms with Crippen molar-refractivity contribution in [2.75, 3.05) is 31.5 Å². The molecular weight excluding hydrogens is 757 g/mol. The minimum atomic E-state index is -1.90. The summed E-state index contributed by atoms with van der Waals surface area (Å²) in [6, 6.07) is 14.5. The molecule has 0 unspecified atom stereocenters. The number of nitrogens with one attached hydrogen (secondary N) is 1. The van der Waals surface area contributed by atoms with E-state index in [1.54, 1.807) is 32.6 Å². The van der Waals surface area contributed by atoms with E-state index in [9.17, 15) is 40.4 Å². The minimum absolute atomic E-state index is 0.129. The topological polar surface area (TPSA) is 205 Å². The largest absolute Gasteiger partial charge is 0.459 e. The van der Waals surface area contributed by atoms with Crippen LogP contribution in [0.3, 0.4) is 0 Å². The van der Waals surface area contributed by atoms with Gasteiger partial charge in [-0.2, -0.15) is 5.26 Å². The van der Waals surface area contributed by atoms with Gasteiger partial charge in [-0.15, -0.1) is 0 Å². The number of nitrogens with zero attached hydrogens (tertiary/aromatic N) is 3. The molecule has 2 aromatic carbocycles. The molecule has 2 aliphatic rings. The Kier molecular flexibility index (Phi) is 17.1. The molecule has 2 aliphatic heterocycles. The maximum Gasteiger partial charge on any atom is 0.321 e. The van der Waals surface area contributed by atoms with Gasteiger partial charge < -0.3 is 50.0 Å². The number of rotatable bonds is 10. The van der Waals surface area contributed by atoms with Crippen LogP contribution in [-0.2, 0) is 19.0 Å². The summed E-state index contributed by atoms with van der Waals surface area (Å²) in [5.41, 5.74) is -2.87. The number of esters is 1. The summed E-state index contributed by atoms with van der Waals surface area (Å²) in [4.78, 5) is 31.0. The molecule has 2 saturated heterocycles. The van der Waals surface area contributed by atoms with Crippen molar-refractivity contribution >= 4 is 28.5 Å². The third-order valence-corrected chi connectivity index (χ3v) is 12.6. The first-order valence-electron chi connectivity index (χ1n) is 21.4. The fourth-order valence-electron chi connectivity index (χ4n) is 9.15. The van der Waals surface area contributed by atoms with Gasteiger partial charge in [-0.3, -0.25) is 9.69 Å². The molecule has 14 nitrogen and oxygen atoms in total. The molecule has 59 heavy (non-hydrogen) atoms. The molecule has 4 rings (SSSR count). The summed E-state index contributed by atoms with van der Waals surface area (Å²) in [5.74, 6) is -3.16. The van der Waals surface area contributed by atoms with Gasteiger partial charge in [0.15, 0.2) is 6.29 Å². The van der Waals surface area contributed by atoms with Gasteiger partial charge in [-0.05, 0) is 83.6 Å². The first-order chi connectivity index (χ1) is 27.7. The Morgan fingerprint density at radius 1 is 1.02 bits per heavy atom. The van der Waals surface area contributed by atoms with E-state index in [0.717, 1.165) is 10.8 Å². The van der Waals surface area contributed by atoms with Crippen molar-refractivity contribution in [1.82, 2.24) is 9.80 Å². The minimum Gasteiger partial charge on any atom is -0.459 e. The fourth-order valence-corrected chi connectivity index (χ4v) is 9.15. The van der Waals surface area contributed by atoms with Gasteiger partial charge in [-0.1, -0.05) is 64.1 Å². The van der Waals surface area contributed by atoms with Crippen molar-refractivity contribution in [3.05, 3.63) is 42.5 Å². The number of ether oxygens (including phenoxy) is 3. The van der Waals surface area contributed by atoms with Crippen LogP contribution in [0.25, 0.3) is 10.8 Å². The van der Waals surface area contributed by atoms with Crippen molar-refractivity contribution in [3.63, 3.8) is 0 Å². The summed E-state index contributed by atoms with van der Waals surface area (Å²) in [6.45, 7) is 16.6. The molecule has 0 aliphatic carbocycles. The van der Waals surface area contributed by atoms with Crippen LogP contribution >= 0.6 is 0 Å². The zero-order valence-corrected chi connectivity index (χ0v) is 36.5. The van der Waals surface area contributed by atoms with E-state index in [0.29, 0.717) is 31.6 Å². The van der Waals surface area contributed by atoms with E-state index in [1.165, 1.54) is 13.8 Å². The van der Waals surface area contributed by atoms with Crippen LogP contribution in [-0.4, -0.2) is 134 Å². The number of anilines is 1. The van der Waals surface area contributed by atoms with Gasteiger partial charge in [0.05, 0.1) is 48.0 Å². The highest BCUT2D eigenvalue weighted by Gasteiger charge is 2.49. The highest BCUT2D eigenvalue weighted by Crippen LogP contribution is 2.37. The number of amides is 2. The second-order valence-electron chi connectivity index (χ2n) is 17.8. The maximum absolute atomic E-state index is 13.7. The number of cyclic esters (lactones) is 1. The quantitative estimate of drug-likeness (QED) is 0.174. The molecule has 2 amide bonds. The number of hydrogen-bond donors (Lipinski definition) is 6. The van der Waals surface area contributed by atoms with Crippen LogP contribution in [0.5, 0.6) is 0 Å². The number of fused-ring (bicyclic) bond motifs is 1. The predicted octanol–water partition coefficient (Wildman–Crippen LogP) is 5.04. The Morgan fingerprint density at radius 2 is 1.69 bits per heavy atom. The first-order valence-corrected chi connectivity index (χ1v) is 21.4. The van der Waals surface area contributed by atoms with Gasteiger partial charge in [-0.25, -0.2) is 4.79 Å². The Bertz CT molecular complexity index is 1710. The molecular formula is C45H70N4O10. The lowest BCUT2D eigenvalue weighted by atomic mass is 9.78. The lowest BCUT2D eigenvalue weighted by Crippen LogP contribution is -2.59. The first kappa shape index (κ1) is 48.3. The number of nitriles is 1. The van der Waals surface area contributed by atoms with E-state index in [-0.39, 0.29) is 56.3 Å². The van der Waals surface area contributed by atoms with Crippen LogP contribution in [0.2, 0.25) is 0 Å². The second kappa shape index (κ2) is 20.9. The molecule has 6 N–H and O–H groups in total. The number of aliphatic hydroxyl groups is 5. The van der Waals surface area contributed by atoms with E-state index in [4.69, 9.17) is 14.2 Å². The Morgan fingerprint density at radius 3 is 2.37 bits per heavy atom. The van der Waals surface area contributed by atoms with Crippen LogP contribution < -0.4 is 5.32 Å². The number of urea groups is 1. The monoisotopic (exact) mass is 827 g/mol. The van der Waals surface area contributed by atoms with Gasteiger partial charge in [0.1, 0.15) is 23.9 Å². The number of carbonyl (C=O) groups is 2. The average Bonchev–Trinajstić information content (AvgIpc) is 3.19. The van der Waals surface area contributed by atoms with Crippen LogP contribution in [0.4, 0.5) is 10.5 Å². The molecule has 0 aromatic heterocycles. The second-order valence-corrected chi connectivity index (χ2v) is 17.8. The summed E-state index contributed by atoms with van der Waals surface area (Å²) >= 11 is 0. The lowest BCUT2D eigenvalue weighted by molar-refractivity contribution is -0.298. The Labute approximate surface area is 350 Å². The smallest absolute Gasteiger partial charge is 0.321 e. The van der Waals surface area contributed by atoms with Gasteiger partial charge in [0.25, 0.3) is 0 Å². The summed E-state index contributed by atoms with van der Waals surface area (Å²) < 4.78 is 18.3. The highest BCUT2D eigenvalue weighted by molar-refractivity contribution is 6.01. The third kappa shape index (κ3) is 11.9. The molecule has 0 spiro atoms. The molecule has 330 valence electrons. The highest BCUT2D eigenvalue weighted by atomic mass is 16.7. The Balaban J connectivity index is 1.64. The summed E-state index contributed by atoms with van der Waals surface area (Å²) in [5, 5.41) is 73.2. The zero-order chi connectivity index (χ0) is 43.8. The normalized spacial score (nSPS) is 36.8. The zero-order valence-electron chi connectivity index (χ0n) is 36.5. The van der Waals surface area contributed by atoms with Gasteiger partial charge in [0.2, 0.25) is 0 Å². The van der Waals surface area contributed by atoms with Crippen molar-refractivity contribution in [1.29, 1.82) is 5.26 Å². The van der Waals surface area contributed by atoms with E-state index >= 15 is 0 Å². The molecule has 0 radical (unpaired) electrons. The standard InChI is InChI=1S/C45H70N4O10/c1-10-36-45(9,56)39(52)32(7)49(23-15-22-48(21-14-20-46)43(54)47-35-19-13-17-33-16-11-12-18-34(33)35)26-27(2)25-44(8,55)40(30(5)38(51)31(6)41(53)58-36)59-42-37(50)28(3)24-29(4)57-42/h11-13,16-19,27-32,36-40,42,50-52,55-56H,10,14-15,21-26H2,1-9H3,(H,47,54)/t27-,28-,29+,30+,31-,32-,36-,37+,38+,39-,40-,42-,44-,45-/m1/s1. The Hall–Kier alpha value is -3.39. The molecule has 0 saturated carbocycles. The van der Waals surface area contributed by atoms with Gasteiger partial charge in [0, 0.05) is 43.5 Å². The predicted molar refractivity (Wildman–Crippen MR) is 225 cm³/mol. The number of benzene rings is 2. The molecule has 14 atom stereocenters. The molecule has 0 bridgehead atoms. The van der Waals surface area contributed by atoms with Crippen LogP contribution in [0.1, 0.15) is 94.4 Å². The maximum atomic E-state index is 13.7. The van der Waals surface area contributed by atoms with Crippen molar-refractivity contribution in [3.8, 4) is 6.07 Å². The SMILES string of the molecule is CC[C@H]1OC(=O)[C@H](C)[C@@H](O)[C@H](C)[C@@H](O[C@H]2O[C@@H](C)C[C@@H](C)[C@@H]2O)[C@](C)(O)C[C@@H](C)CN(CCCN(CCC#N)C(=O)Nc2cccc3ccccc23)[C@H](C)[C@@H](O)[C@]1(C)O. The average molecular weight is 827 g/mol. The van der Waals surface area contributed by atoms with Crippen molar-refractivity contribution in [2.45, 2.75) is 155 Å². The summed E-state index contributed by atoms with van der Waals surface area (Å²) in [7, 11) is 0. The summed E-state index contributed by atoms with van der Waals surface area (Å²) in [6.07, 6.45) is -5.81. The number of aliphatic hydroxyl groups excluding tert-OH is 3. The van der Waals surface area contributed by atoms with E-state index < -0.39 is 71.9 Å². The fraction of sp³-hybridized carbons (Fsp3) is 0.711. The van der Waals surface area contributed by atoms with E-state index in [1.807, 2.05) is 68.1 Å². The number of hydrogen-bond acceptors (Lipinski definition) is 12. The number of carbonyl (C=O) groups excluding carboxylic acids is 2. The lowest BCUT2D eigenvalue weighted by Gasteiger charge is -2.45. The van der Waals surface area contributed by atoms with E-state index in [2.05, 4.69) is 11.4 Å². The van der Waals surface area contributed by atoms with Gasteiger partial charge >= 0.3 is 12.0 Å². The molecule has 2 aromatic rings. The van der Waals surface area contributed by atoms with Crippen molar-refractivity contribution < 1.29 is 49.3 Å². The molecule has 14 heteroatoms. The van der Waals surface area contributed by atoms with Crippen LogP contribution in [0, 0.1) is 35.0 Å².